The van der Waals surface area contributed by atoms with Gasteiger partial charge in [0.15, 0.2) is 0 Å². The predicted octanol–water partition coefficient (Wildman–Crippen LogP) is 2.65. The van der Waals surface area contributed by atoms with Crippen molar-refractivity contribution in [1.82, 2.24) is 5.01 Å². The van der Waals surface area contributed by atoms with E-state index in [0.717, 1.165) is 5.56 Å². The average molecular weight is 268 g/mol. The quantitative estimate of drug-likeness (QED) is 0.839. The number of alkyl halides is 1. The molecule has 1 aromatic rings. The van der Waals surface area contributed by atoms with Gasteiger partial charge in [-0.1, -0.05) is 30.3 Å². The molecule has 1 saturated heterocycles. The molecule has 98 valence electrons. The van der Waals surface area contributed by atoms with Crippen molar-refractivity contribution in [3.8, 4) is 0 Å². The monoisotopic (exact) mass is 268 g/mol. The predicted molar refractivity (Wildman–Crippen MR) is 70.5 cm³/mol. The normalized spacial score (nSPS) is 24.6. The van der Waals surface area contributed by atoms with Crippen LogP contribution in [0.15, 0.2) is 34.8 Å². The van der Waals surface area contributed by atoms with Crippen molar-refractivity contribution in [3.05, 3.63) is 35.9 Å². The molecule has 0 radical (unpaired) electrons. The Morgan fingerprint density at radius 3 is 2.89 bits per heavy atom. The number of hydrogen-bond donors (Lipinski definition) is 0. The van der Waals surface area contributed by atoms with E-state index in [1.165, 1.54) is 0 Å². The Kier molecular flexibility index (Phi) is 5.01. The third kappa shape index (κ3) is 3.99. The molecular weight excluding hydrogens is 251 g/mol. The Morgan fingerprint density at radius 1 is 1.39 bits per heavy atom. The van der Waals surface area contributed by atoms with Crippen molar-refractivity contribution >= 4 is 12.4 Å². The summed E-state index contributed by atoms with van der Waals surface area (Å²) in [5, 5.41) is 1.71. The SMILES string of the molecule is FC1CCN(N=S)CC(OCc2ccccc2)C1. The van der Waals surface area contributed by atoms with Gasteiger partial charge >= 0.3 is 0 Å². The first-order valence-electron chi connectivity index (χ1n) is 6.15. The van der Waals surface area contributed by atoms with Crippen LogP contribution in [-0.2, 0) is 23.8 Å². The van der Waals surface area contributed by atoms with Crippen LogP contribution in [0, 0.1) is 0 Å². The average Bonchev–Trinajstić information content (AvgIpc) is 2.59. The van der Waals surface area contributed by atoms with Gasteiger partial charge in [-0.25, -0.2) is 4.39 Å². The molecule has 5 heteroatoms. The number of hydrogen-bond acceptors (Lipinski definition) is 3. The number of halogens is 1. The fourth-order valence-corrected chi connectivity index (χ4v) is 2.22. The summed E-state index contributed by atoms with van der Waals surface area (Å²) in [6.07, 6.45) is -0.0681. The first-order valence-corrected chi connectivity index (χ1v) is 6.52. The van der Waals surface area contributed by atoms with Gasteiger partial charge in [0.25, 0.3) is 0 Å². The summed E-state index contributed by atoms with van der Waals surface area (Å²) in [4.78, 5) is 0. The maximum atomic E-state index is 13.5. The van der Waals surface area contributed by atoms with E-state index < -0.39 is 6.17 Å². The van der Waals surface area contributed by atoms with Gasteiger partial charge in [-0.3, -0.25) is 5.01 Å². The van der Waals surface area contributed by atoms with E-state index in [4.69, 9.17) is 4.74 Å². The summed E-state index contributed by atoms with van der Waals surface area (Å²) in [6.45, 7) is 1.66. The van der Waals surface area contributed by atoms with Gasteiger partial charge in [-0.15, -0.1) is 4.47 Å². The number of rotatable bonds is 4. The Morgan fingerprint density at radius 2 is 2.17 bits per heavy atom. The summed E-state index contributed by atoms with van der Waals surface area (Å²) in [5.41, 5.74) is 1.10. The molecule has 1 aliphatic rings. The van der Waals surface area contributed by atoms with Crippen LogP contribution in [-0.4, -0.2) is 30.4 Å². The Balaban J connectivity index is 1.88. The van der Waals surface area contributed by atoms with Crippen LogP contribution in [0.4, 0.5) is 4.39 Å². The topological polar surface area (TPSA) is 24.8 Å². The molecule has 2 rings (SSSR count). The van der Waals surface area contributed by atoms with Crippen molar-refractivity contribution in [2.24, 2.45) is 4.47 Å². The number of ether oxygens (including phenoxy) is 1. The lowest BCUT2D eigenvalue weighted by Crippen LogP contribution is -2.28. The van der Waals surface area contributed by atoms with Crippen LogP contribution < -0.4 is 0 Å². The molecule has 2 unspecified atom stereocenters. The zero-order valence-corrected chi connectivity index (χ0v) is 11.0. The van der Waals surface area contributed by atoms with Gasteiger partial charge in [-0.05, 0) is 12.0 Å². The highest BCUT2D eigenvalue weighted by Gasteiger charge is 2.24. The number of benzene rings is 1. The first-order chi connectivity index (χ1) is 8.78. The molecule has 18 heavy (non-hydrogen) atoms. The van der Waals surface area contributed by atoms with E-state index in [0.29, 0.717) is 32.5 Å². The van der Waals surface area contributed by atoms with E-state index in [-0.39, 0.29) is 6.10 Å². The lowest BCUT2D eigenvalue weighted by Gasteiger charge is -2.20. The molecule has 0 saturated carbocycles. The molecule has 2 atom stereocenters. The second kappa shape index (κ2) is 6.75. The van der Waals surface area contributed by atoms with Crippen molar-refractivity contribution in [3.63, 3.8) is 0 Å². The highest BCUT2D eigenvalue weighted by molar-refractivity contribution is 7.47. The molecule has 0 aromatic heterocycles. The van der Waals surface area contributed by atoms with Gasteiger partial charge in [0, 0.05) is 13.0 Å². The van der Waals surface area contributed by atoms with Gasteiger partial charge in [-0.2, -0.15) is 0 Å². The lowest BCUT2D eigenvalue weighted by molar-refractivity contribution is 0.0109. The maximum absolute atomic E-state index is 13.5. The number of nitrogens with zero attached hydrogens (tertiary/aromatic N) is 2. The zero-order chi connectivity index (χ0) is 12.8. The standard InChI is InChI=1S/C13H17FN2OS/c14-12-6-7-16(15-18)9-13(8-12)17-10-11-4-2-1-3-5-11/h1-5,12-13H,6-10H2. The van der Waals surface area contributed by atoms with Gasteiger partial charge in [0.05, 0.1) is 31.7 Å². The van der Waals surface area contributed by atoms with Crippen molar-refractivity contribution in [1.29, 1.82) is 0 Å². The molecule has 1 fully saturated rings. The lowest BCUT2D eigenvalue weighted by atomic mass is 10.1. The van der Waals surface area contributed by atoms with Crippen molar-refractivity contribution < 1.29 is 9.13 Å². The molecule has 0 N–H and O–H groups in total. The Hall–Kier alpha value is -1.07. The highest BCUT2D eigenvalue weighted by atomic mass is 32.1. The van der Waals surface area contributed by atoms with Gasteiger partial charge < -0.3 is 4.74 Å². The third-order valence-electron chi connectivity index (χ3n) is 3.08. The minimum absolute atomic E-state index is 0.144. The fourth-order valence-electron chi connectivity index (χ4n) is 2.08. The van der Waals surface area contributed by atoms with Gasteiger partial charge in [0.1, 0.15) is 6.17 Å². The molecule has 1 aromatic carbocycles. The molecular formula is C13H17FN2OS. The van der Waals surface area contributed by atoms with Crippen LogP contribution in [0.5, 0.6) is 0 Å². The van der Waals surface area contributed by atoms with Crippen molar-refractivity contribution in [2.75, 3.05) is 13.1 Å². The summed E-state index contributed by atoms with van der Waals surface area (Å²) >= 11 is 4.67. The molecule has 0 aliphatic carbocycles. The van der Waals surface area contributed by atoms with E-state index in [2.05, 4.69) is 16.9 Å². The molecule has 0 spiro atoms. The molecule has 1 aliphatic heterocycles. The molecule has 0 amide bonds. The Labute approximate surface area is 112 Å². The van der Waals surface area contributed by atoms with E-state index in [9.17, 15) is 4.39 Å². The molecule has 0 bridgehead atoms. The van der Waals surface area contributed by atoms with E-state index in [1.807, 2.05) is 30.3 Å². The molecule has 1 heterocycles. The second-order valence-electron chi connectivity index (χ2n) is 4.53. The zero-order valence-electron chi connectivity index (χ0n) is 10.2. The second-order valence-corrected chi connectivity index (χ2v) is 4.70. The third-order valence-corrected chi connectivity index (χ3v) is 3.31. The van der Waals surface area contributed by atoms with Crippen LogP contribution in [0.2, 0.25) is 0 Å². The smallest absolute Gasteiger partial charge is 0.104 e. The van der Waals surface area contributed by atoms with Crippen LogP contribution in [0.3, 0.4) is 0 Å². The Bertz CT molecular complexity index is 377. The minimum Gasteiger partial charge on any atom is -0.372 e. The van der Waals surface area contributed by atoms with Crippen LogP contribution in [0.1, 0.15) is 18.4 Å². The van der Waals surface area contributed by atoms with Crippen LogP contribution >= 0.6 is 0 Å². The van der Waals surface area contributed by atoms with E-state index >= 15 is 0 Å². The minimum atomic E-state index is -0.826. The highest BCUT2D eigenvalue weighted by Crippen LogP contribution is 2.18. The molecule has 3 nitrogen and oxygen atoms in total. The summed E-state index contributed by atoms with van der Waals surface area (Å²) in [6, 6.07) is 9.89. The van der Waals surface area contributed by atoms with Crippen molar-refractivity contribution in [2.45, 2.75) is 31.7 Å². The van der Waals surface area contributed by atoms with Crippen LogP contribution in [0.25, 0.3) is 0 Å². The summed E-state index contributed by atoms with van der Waals surface area (Å²) < 4.78 is 23.0. The van der Waals surface area contributed by atoms with Gasteiger partial charge in [0.2, 0.25) is 0 Å². The van der Waals surface area contributed by atoms with E-state index in [1.54, 1.807) is 5.01 Å². The summed E-state index contributed by atoms with van der Waals surface area (Å²) in [7, 11) is 0. The largest absolute Gasteiger partial charge is 0.372 e. The first kappa shape index (κ1) is 13.4. The fraction of sp³-hybridized carbons (Fsp3) is 0.538. The maximum Gasteiger partial charge on any atom is 0.104 e. The summed E-state index contributed by atoms with van der Waals surface area (Å²) in [5.74, 6) is 0.